The molecule has 1 aromatic heterocycles. The van der Waals surface area contributed by atoms with Gasteiger partial charge in [-0.25, -0.2) is 9.86 Å². The van der Waals surface area contributed by atoms with E-state index in [-0.39, 0.29) is 6.03 Å². The standard InChI is InChI=1S/C18H23N3O3/c1-4-14-6-5-7-15(19-14)12-13-24-17-10-8-16(9-11-17)20-18(22)21(2)23-3/h5-11H,4,12-13H2,1-3H3,(H,20,22). The zero-order valence-corrected chi connectivity index (χ0v) is 14.3. The zero-order valence-electron chi connectivity index (χ0n) is 14.3. The molecular formula is C18H23N3O3. The number of aromatic nitrogens is 1. The van der Waals surface area contributed by atoms with Crippen LogP contribution in [0.4, 0.5) is 10.5 Å². The maximum atomic E-state index is 11.7. The van der Waals surface area contributed by atoms with Crippen LogP contribution < -0.4 is 10.1 Å². The molecule has 0 spiro atoms. The van der Waals surface area contributed by atoms with E-state index in [1.165, 1.54) is 14.2 Å². The fourth-order valence-electron chi connectivity index (χ4n) is 2.06. The number of hydroxylamine groups is 2. The number of anilines is 1. The molecule has 0 saturated heterocycles. The molecule has 0 atom stereocenters. The van der Waals surface area contributed by atoms with Crippen molar-refractivity contribution < 1.29 is 14.4 Å². The quantitative estimate of drug-likeness (QED) is 0.792. The molecule has 6 nitrogen and oxygen atoms in total. The van der Waals surface area contributed by atoms with Gasteiger partial charge in [0.1, 0.15) is 5.75 Å². The Morgan fingerprint density at radius 3 is 2.54 bits per heavy atom. The van der Waals surface area contributed by atoms with Crippen LogP contribution in [0.1, 0.15) is 18.3 Å². The fraction of sp³-hybridized carbons (Fsp3) is 0.333. The summed E-state index contributed by atoms with van der Waals surface area (Å²) < 4.78 is 5.72. The van der Waals surface area contributed by atoms with Gasteiger partial charge in [-0.3, -0.25) is 9.82 Å². The van der Waals surface area contributed by atoms with Gasteiger partial charge in [-0.15, -0.1) is 0 Å². The van der Waals surface area contributed by atoms with Gasteiger partial charge in [0.2, 0.25) is 0 Å². The predicted octanol–water partition coefficient (Wildman–Crippen LogP) is 3.29. The Morgan fingerprint density at radius 2 is 1.88 bits per heavy atom. The molecule has 2 rings (SSSR count). The van der Waals surface area contributed by atoms with E-state index in [0.29, 0.717) is 12.3 Å². The third-order valence-electron chi connectivity index (χ3n) is 3.52. The van der Waals surface area contributed by atoms with Gasteiger partial charge in [0.25, 0.3) is 0 Å². The van der Waals surface area contributed by atoms with Crippen LogP contribution in [-0.2, 0) is 17.7 Å². The van der Waals surface area contributed by atoms with Gasteiger partial charge in [-0.2, -0.15) is 0 Å². The van der Waals surface area contributed by atoms with E-state index in [4.69, 9.17) is 9.57 Å². The third kappa shape index (κ3) is 5.24. The van der Waals surface area contributed by atoms with Crippen molar-refractivity contribution >= 4 is 11.7 Å². The van der Waals surface area contributed by atoms with Gasteiger partial charge < -0.3 is 10.1 Å². The zero-order chi connectivity index (χ0) is 17.4. The van der Waals surface area contributed by atoms with Gasteiger partial charge in [0.05, 0.1) is 13.7 Å². The second-order valence-corrected chi connectivity index (χ2v) is 5.21. The van der Waals surface area contributed by atoms with E-state index in [0.717, 1.165) is 35.0 Å². The molecule has 0 unspecified atom stereocenters. The average molecular weight is 329 g/mol. The van der Waals surface area contributed by atoms with Gasteiger partial charge >= 0.3 is 6.03 Å². The summed E-state index contributed by atoms with van der Waals surface area (Å²) in [7, 11) is 2.97. The number of carbonyl (C=O) groups is 1. The minimum Gasteiger partial charge on any atom is -0.493 e. The molecule has 24 heavy (non-hydrogen) atoms. The number of nitrogens with zero attached hydrogens (tertiary/aromatic N) is 2. The molecule has 6 heteroatoms. The van der Waals surface area contributed by atoms with Crippen LogP contribution in [0.3, 0.4) is 0 Å². The predicted molar refractivity (Wildman–Crippen MR) is 93.0 cm³/mol. The highest BCUT2D eigenvalue weighted by molar-refractivity contribution is 5.88. The van der Waals surface area contributed by atoms with E-state index in [2.05, 4.69) is 17.2 Å². The second-order valence-electron chi connectivity index (χ2n) is 5.21. The molecule has 128 valence electrons. The number of nitrogens with one attached hydrogen (secondary N) is 1. The Labute approximate surface area is 142 Å². The van der Waals surface area contributed by atoms with Gasteiger partial charge in [0, 0.05) is 30.5 Å². The molecule has 0 aliphatic heterocycles. The number of benzene rings is 1. The van der Waals surface area contributed by atoms with E-state index in [1.54, 1.807) is 12.1 Å². The first-order chi connectivity index (χ1) is 11.6. The SMILES string of the molecule is CCc1cccc(CCOc2ccc(NC(=O)N(C)OC)cc2)n1. The molecule has 1 aromatic carbocycles. The summed E-state index contributed by atoms with van der Waals surface area (Å²) in [4.78, 5) is 21.0. The van der Waals surface area contributed by atoms with E-state index in [9.17, 15) is 4.79 Å². The summed E-state index contributed by atoms with van der Waals surface area (Å²) in [5, 5.41) is 3.82. The lowest BCUT2D eigenvalue weighted by atomic mass is 10.2. The molecule has 0 aliphatic carbocycles. The molecule has 0 saturated carbocycles. The normalized spacial score (nSPS) is 10.3. The Balaban J connectivity index is 1.82. The lowest BCUT2D eigenvalue weighted by Gasteiger charge is -2.14. The average Bonchev–Trinajstić information content (AvgIpc) is 2.62. The first kappa shape index (κ1) is 17.7. The van der Waals surface area contributed by atoms with Crippen molar-refractivity contribution in [3.63, 3.8) is 0 Å². The molecule has 1 N–H and O–H groups in total. The number of carbonyl (C=O) groups excluding carboxylic acids is 1. The smallest absolute Gasteiger partial charge is 0.345 e. The van der Waals surface area contributed by atoms with Crippen molar-refractivity contribution in [1.29, 1.82) is 0 Å². The molecule has 1 heterocycles. The molecular weight excluding hydrogens is 306 g/mol. The number of aryl methyl sites for hydroxylation is 1. The Bertz CT molecular complexity index is 659. The fourth-order valence-corrected chi connectivity index (χ4v) is 2.06. The van der Waals surface area contributed by atoms with Crippen molar-refractivity contribution in [2.45, 2.75) is 19.8 Å². The first-order valence-electron chi connectivity index (χ1n) is 7.89. The van der Waals surface area contributed by atoms with Gasteiger partial charge in [0.15, 0.2) is 0 Å². The largest absolute Gasteiger partial charge is 0.493 e. The van der Waals surface area contributed by atoms with Crippen molar-refractivity contribution in [1.82, 2.24) is 10.0 Å². The van der Waals surface area contributed by atoms with Crippen LogP contribution in [0.2, 0.25) is 0 Å². The molecule has 0 aliphatic rings. The highest BCUT2D eigenvalue weighted by Gasteiger charge is 2.07. The lowest BCUT2D eigenvalue weighted by Crippen LogP contribution is -2.30. The number of ether oxygens (including phenoxy) is 1. The summed E-state index contributed by atoms with van der Waals surface area (Å²) in [6.07, 6.45) is 1.69. The summed E-state index contributed by atoms with van der Waals surface area (Å²) in [6, 6.07) is 12.9. The Kier molecular flexibility index (Phi) is 6.57. The van der Waals surface area contributed by atoms with Gasteiger partial charge in [-0.1, -0.05) is 13.0 Å². The summed E-state index contributed by atoms with van der Waals surface area (Å²) in [6.45, 7) is 2.64. The van der Waals surface area contributed by atoms with Crippen LogP contribution in [0.15, 0.2) is 42.5 Å². The summed E-state index contributed by atoms with van der Waals surface area (Å²) in [5.41, 5.74) is 2.79. The Morgan fingerprint density at radius 1 is 1.17 bits per heavy atom. The van der Waals surface area contributed by atoms with Gasteiger partial charge in [-0.05, 0) is 42.8 Å². The van der Waals surface area contributed by atoms with Crippen LogP contribution >= 0.6 is 0 Å². The van der Waals surface area contributed by atoms with E-state index >= 15 is 0 Å². The highest BCUT2D eigenvalue weighted by Crippen LogP contribution is 2.16. The number of hydrogen-bond acceptors (Lipinski definition) is 4. The molecule has 0 radical (unpaired) electrons. The number of pyridine rings is 1. The number of amides is 2. The monoisotopic (exact) mass is 329 g/mol. The van der Waals surface area contributed by atoms with E-state index in [1.807, 2.05) is 30.3 Å². The molecule has 0 fully saturated rings. The topological polar surface area (TPSA) is 63.7 Å². The lowest BCUT2D eigenvalue weighted by molar-refractivity contribution is -0.0598. The van der Waals surface area contributed by atoms with Crippen molar-refractivity contribution in [2.75, 3.05) is 26.1 Å². The molecule has 2 amide bonds. The number of urea groups is 1. The minimum atomic E-state index is -0.340. The van der Waals surface area contributed by atoms with Crippen molar-refractivity contribution in [3.05, 3.63) is 53.9 Å². The van der Waals surface area contributed by atoms with Crippen molar-refractivity contribution in [3.8, 4) is 5.75 Å². The molecule has 0 bridgehead atoms. The first-order valence-corrected chi connectivity index (χ1v) is 7.89. The van der Waals surface area contributed by atoms with Crippen LogP contribution in [-0.4, -0.2) is 36.8 Å². The maximum absolute atomic E-state index is 11.7. The maximum Gasteiger partial charge on any atom is 0.345 e. The third-order valence-corrected chi connectivity index (χ3v) is 3.52. The molecule has 2 aromatic rings. The summed E-state index contributed by atoms with van der Waals surface area (Å²) in [5.74, 6) is 0.750. The Hall–Kier alpha value is -2.60. The van der Waals surface area contributed by atoms with Crippen molar-refractivity contribution in [2.24, 2.45) is 0 Å². The van der Waals surface area contributed by atoms with E-state index < -0.39 is 0 Å². The number of hydrogen-bond donors (Lipinski definition) is 1. The van der Waals surface area contributed by atoms with Crippen LogP contribution in [0.25, 0.3) is 0 Å². The highest BCUT2D eigenvalue weighted by atomic mass is 16.7. The van der Waals surface area contributed by atoms with Crippen LogP contribution in [0.5, 0.6) is 5.75 Å². The minimum absolute atomic E-state index is 0.340. The number of rotatable bonds is 7. The second kappa shape index (κ2) is 8.88. The van der Waals surface area contributed by atoms with Crippen LogP contribution in [0, 0.1) is 0 Å². The summed E-state index contributed by atoms with van der Waals surface area (Å²) >= 11 is 0.